The van der Waals surface area contributed by atoms with Gasteiger partial charge < -0.3 is 0 Å². The van der Waals surface area contributed by atoms with Gasteiger partial charge in [0.2, 0.25) is 0 Å². The summed E-state index contributed by atoms with van der Waals surface area (Å²) in [5.74, 6) is 0. The molecule has 0 fully saturated rings. The van der Waals surface area contributed by atoms with E-state index in [0.29, 0.717) is 0 Å². The molecule has 0 saturated heterocycles. The number of hydrogen-bond donors (Lipinski definition) is 0. The monoisotopic (exact) mass is 402 g/mol. The molecule has 30 heavy (non-hydrogen) atoms. The van der Waals surface area contributed by atoms with E-state index < -0.39 is 5.41 Å². The molecule has 5 aromatic rings. The van der Waals surface area contributed by atoms with Gasteiger partial charge in [-0.2, -0.15) is 0 Å². The van der Waals surface area contributed by atoms with E-state index in [9.17, 15) is 0 Å². The van der Waals surface area contributed by atoms with E-state index in [0.717, 1.165) is 5.02 Å². The standard InChI is InChI=1S/C29H19Cl/c30-24-16-17-26-25-12-6-7-13-27(25)29(28(26)19-24,22-10-2-1-3-11-22)23-15-14-20-8-4-5-9-21(20)18-23/h1-19H. The minimum Gasteiger partial charge on any atom is -0.0843 e. The summed E-state index contributed by atoms with van der Waals surface area (Å²) in [6.45, 7) is 0. The molecule has 0 aromatic heterocycles. The molecule has 0 nitrogen and oxygen atoms in total. The van der Waals surface area contributed by atoms with Crippen LogP contribution in [0.2, 0.25) is 5.02 Å². The Balaban J connectivity index is 1.80. The summed E-state index contributed by atoms with van der Waals surface area (Å²) in [5, 5.41) is 3.27. The molecular formula is C29H19Cl. The fraction of sp³-hybridized carbons (Fsp3) is 0.0345. The predicted octanol–water partition coefficient (Wildman–Crippen LogP) is 7.86. The molecule has 1 aliphatic carbocycles. The summed E-state index contributed by atoms with van der Waals surface area (Å²) in [6.07, 6.45) is 0. The van der Waals surface area contributed by atoms with Gasteiger partial charge >= 0.3 is 0 Å². The first-order valence-electron chi connectivity index (χ1n) is 10.2. The lowest BCUT2D eigenvalue weighted by molar-refractivity contribution is 0.770. The van der Waals surface area contributed by atoms with Crippen LogP contribution in [0.5, 0.6) is 0 Å². The summed E-state index contributed by atoms with van der Waals surface area (Å²) >= 11 is 6.56. The summed E-state index contributed by atoms with van der Waals surface area (Å²) in [6, 6.07) is 41.3. The maximum absolute atomic E-state index is 6.56. The van der Waals surface area contributed by atoms with Gasteiger partial charge in [-0.25, -0.2) is 0 Å². The molecule has 1 heteroatoms. The van der Waals surface area contributed by atoms with Crippen LogP contribution in [0.4, 0.5) is 0 Å². The highest BCUT2D eigenvalue weighted by atomic mass is 35.5. The van der Waals surface area contributed by atoms with Crippen molar-refractivity contribution in [3.05, 3.63) is 143 Å². The van der Waals surface area contributed by atoms with Crippen LogP contribution in [-0.2, 0) is 5.41 Å². The quantitative estimate of drug-likeness (QED) is 0.276. The predicted molar refractivity (Wildman–Crippen MR) is 126 cm³/mol. The summed E-state index contributed by atoms with van der Waals surface area (Å²) in [4.78, 5) is 0. The van der Waals surface area contributed by atoms with Gasteiger partial charge in [0.1, 0.15) is 0 Å². The lowest BCUT2D eigenvalue weighted by Gasteiger charge is -2.34. The van der Waals surface area contributed by atoms with Crippen molar-refractivity contribution in [3.63, 3.8) is 0 Å². The van der Waals surface area contributed by atoms with Gasteiger partial charge in [-0.05, 0) is 62.4 Å². The molecule has 142 valence electrons. The molecule has 1 aliphatic rings. The van der Waals surface area contributed by atoms with Crippen molar-refractivity contribution in [3.8, 4) is 11.1 Å². The van der Waals surface area contributed by atoms with Crippen molar-refractivity contribution in [2.75, 3.05) is 0 Å². The molecule has 0 heterocycles. The van der Waals surface area contributed by atoms with E-state index in [4.69, 9.17) is 11.6 Å². The van der Waals surface area contributed by atoms with E-state index in [-0.39, 0.29) is 0 Å². The van der Waals surface area contributed by atoms with E-state index in [2.05, 4.69) is 109 Å². The number of fused-ring (bicyclic) bond motifs is 4. The van der Waals surface area contributed by atoms with Crippen LogP contribution in [0.1, 0.15) is 22.3 Å². The van der Waals surface area contributed by atoms with Gasteiger partial charge in [-0.15, -0.1) is 0 Å². The topological polar surface area (TPSA) is 0 Å². The minimum absolute atomic E-state index is 0.401. The van der Waals surface area contributed by atoms with Gasteiger partial charge in [0.15, 0.2) is 0 Å². The van der Waals surface area contributed by atoms with Crippen molar-refractivity contribution in [2.24, 2.45) is 0 Å². The van der Waals surface area contributed by atoms with Crippen LogP contribution in [-0.4, -0.2) is 0 Å². The van der Waals surface area contributed by atoms with E-state index in [1.165, 1.54) is 44.2 Å². The van der Waals surface area contributed by atoms with Crippen LogP contribution in [0.25, 0.3) is 21.9 Å². The third-order valence-electron chi connectivity index (χ3n) is 6.40. The maximum Gasteiger partial charge on any atom is 0.0714 e. The Morgan fingerprint density at radius 2 is 1.17 bits per heavy atom. The molecule has 0 radical (unpaired) electrons. The highest BCUT2D eigenvalue weighted by molar-refractivity contribution is 6.30. The Kier molecular flexibility index (Phi) is 3.84. The first-order chi connectivity index (χ1) is 14.8. The molecule has 0 saturated carbocycles. The molecule has 0 spiro atoms. The number of rotatable bonds is 2. The largest absolute Gasteiger partial charge is 0.0843 e. The van der Waals surface area contributed by atoms with E-state index >= 15 is 0 Å². The zero-order chi connectivity index (χ0) is 20.1. The average Bonchev–Trinajstić information content (AvgIpc) is 3.09. The number of halogens is 1. The molecule has 5 aromatic carbocycles. The van der Waals surface area contributed by atoms with Crippen LogP contribution < -0.4 is 0 Å². The van der Waals surface area contributed by atoms with Gasteiger partial charge in [-0.1, -0.05) is 109 Å². The fourth-order valence-corrected chi connectivity index (χ4v) is 5.32. The average molecular weight is 403 g/mol. The van der Waals surface area contributed by atoms with Gasteiger partial charge in [0, 0.05) is 5.02 Å². The Morgan fingerprint density at radius 3 is 2.03 bits per heavy atom. The fourth-order valence-electron chi connectivity index (χ4n) is 5.15. The minimum atomic E-state index is -0.401. The van der Waals surface area contributed by atoms with Crippen molar-refractivity contribution < 1.29 is 0 Å². The summed E-state index contributed by atoms with van der Waals surface area (Å²) in [7, 11) is 0. The molecular weight excluding hydrogens is 384 g/mol. The van der Waals surface area contributed by atoms with Crippen molar-refractivity contribution in [1.82, 2.24) is 0 Å². The number of hydrogen-bond acceptors (Lipinski definition) is 0. The highest BCUT2D eigenvalue weighted by Crippen LogP contribution is 2.56. The number of benzene rings is 5. The van der Waals surface area contributed by atoms with Crippen LogP contribution in [0.3, 0.4) is 0 Å². The molecule has 0 bridgehead atoms. The van der Waals surface area contributed by atoms with Crippen LogP contribution in [0.15, 0.2) is 115 Å². The first-order valence-corrected chi connectivity index (χ1v) is 10.6. The molecule has 1 atom stereocenters. The van der Waals surface area contributed by atoms with Gasteiger partial charge in [0.05, 0.1) is 5.41 Å². The summed E-state index contributed by atoms with van der Waals surface area (Å²) in [5.41, 5.74) is 7.21. The third kappa shape index (κ3) is 2.35. The Bertz CT molecular complexity index is 1400. The first kappa shape index (κ1) is 17.5. The zero-order valence-electron chi connectivity index (χ0n) is 16.3. The lowest BCUT2D eigenvalue weighted by atomic mass is 9.67. The van der Waals surface area contributed by atoms with Crippen molar-refractivity contribution >= 4 is 22.4 Å². The van der Waals surface area contributed by atoms with E-state index in [1.54, 1.807) is 0 Å². The molecule has 0 aliphatic heterocycles. The Labute approximate surface area is 181 Å². The van der Waals surface area contributed by atoms with Crippen molar-refractivity contribution in [2.45, 2.75) is 5.41 Å². The summed E-state index contributed by atoms with van der Waals surface area (Å²) < 4.78 is 0. The van der Waals surface area contributed by atoms with Crippen molar-refractivity contribution in [1.29, 1.82) is 0 Å². The highest BCUT2D eigenvalue weighted by Gasteiger charge is 2.46. The Hall–Kier alpha value is -3.35. The maximum atomic E-state index is 6.56. The molecule has 6 rings (SSSR count). The second-order valence-electron chi connectivity index (χ2n) is 7.91. The Morgan fingerprint density at radius 1 is 0.467 bits per heavy atom. The second-order valence-corrected chi connectivity index (χ2v) is 8.35. The van der Waals surface area contributed by atoms with Crippen LogP contribution >= 0.6 is 11.6 Å². The third-order valence-corrected chi connectivity index (χ3v) is 6.63. The lowest BCUT2D eigenvalue weighted by Crippen LogP contribution is -2.28. The second kappa shape index (κ2) is 6.58. The normalized spacial score (nSPS) is 17.0. The van der Waals surface area contributed by atoms with Crippen LogP contribution in [0, 0.1) is 0 Å². The SMILES string of the molecule is Clc1ccc2c(c1)C(c1ccccc1)(c1ccc3ccccc3c1)c1ccccc1-2. The smallest absolute Gasteiger partial charge is 0.0714 e. The van der Waals surface area contributed by atoms with Gasteiger partial charge in [-0.3, -0.25) is 0 Å². The zero-order valence-corrected chi connectivity index (χ0v) is 17.1. The molecule has 1 unspecified atom stereocenters. The van der Waals surface area contributed by atoms with Gasteiger partial charge in [0.25, 0.3) is 0 Å². The molecule has 0 N–H and O–H groups in total. The van der Waals surface area contributed by atoms with E-state index in [1.807, 2.05) is 6.07 Å². The molecule has 0 amide bonds.